The van der Waals surface area contributed by atoms with E-state index in [2.05, 4.69) is 9.88 Å². The van der Waals surface area contributed by atoms with E-state index in [1.807, 2.05) is 43.5 Å². The van der Waals surface area contributed by atoms with Gasteiger partial charge < -0.3 is 14.6 Å². The van der Waals surface area contributed by atoms with Gasteiger partial charge in [-0.15, -0.1) is 11.3 Å². The Kier molecular flexibility index (Phi) is 7.13. The van der Waals surface area contributed by atoms with E-state index >= 15 is 0 Å². The van der Waals surface area contributed by atoms with Crippen LogP contribution in [0.3, 0.4) is 0 Å². The molecule has 0 radical (unpaired) electrons. The molecule has 2 aromatic heterocycles. The number of benzene rings is 1. The van der Waals surface area contributed by atoms with Crippen molar-refractivity contribution in [3.8, 4) is 11.1 Å². The minimum Gasteiger partial charge on any atom is -0.449 e. The van der Waals surface area contributed by atoms with Crippen LogP contribution < -0.4 is 5.56 Å². The van der Waals surface area contributed by atoms with Crippen LogP contribution >= 0.6 is 22.9 Å². The Morgan fingerprint density at radius 3 is 2.81 bits per heavy atom. The van der Waals surface area contributed by atoms with Gasteiger partial charge in [-0.05, 0) is 18.4 Å². The first-order valence-electron chi connectivity index (χ1n) is 10.8. The van der Waals surface area contributed by atoms with Crippen molar-refractivity contribution in [1.29, 1.82) is 0 Å². The normalized spacial score (nSPS) is 15.3. The van der Waals surface area contributed by atoms with Crippen LogP contribution in [-0.4, -0.2) is 58.6 Å². The van der Waals surface area contributed by atoms with E-state index in [4.69, 9.17) is 21.3 Å². The number of aromatic nitrogens is 2. The van der Waals surface area contributed by atoms with Crippen LogP contribution in [0.2, 0.25) is 5.02 Å². The third kappa shape index (κ3) is 5.14. The molecular formula is C23H27ClN4O3S. The molecule has 0 unspecified atom stereocenters. The first-order valence-corrected chi connectivity index (χ1v) is 12.1. The lowest BCUT2D eigenvalue weighted by Crippen LogP contribution is -2.36. The number of H-pyrrole nitrogens is 1. The number of nitrogens with one attached hydrogen (secondary N) is 1. The molecule has 0 saturated carbocycles. The number of halogens is 1. The van der Waals surface area contributed by atoms with Crippen LogP contribution in [0.1, 0.15) is 26.1 Å². The molecule has 0 atom stereocenters. The summed E-state index contributed by atoms with van der Waals surface area (Å²) in [4.78, 5) is 37.5. The topological polar surface area (TPSA) is 78.5 Å². The lowest BCUT2D eigenvalue weighted by molar-refractivity contribution is 0.0930. The molecule has 7 nitrogen and oxygen atoms in total. The van der Waals surface area contributed by atoms with Crippen molar-refractivity contribution >= 4 is 39.2 Å². The van der Waals surface area contributed by atoms with E-state index in [0.717, 1.165) is 24.1 Å². The Hall–Kier alpha value is -2.42. The van der Waals surface area contributed by atoms with Crippen LogP contribution in [0.25, 0.3) is 21.3 Å². The first-order chi connectivity index (χ1) is 15.4. The van der Waals surface area contributed by atoms with Crippen molar-refractivity contribution in [3.05, 3.63) is 50.8 Å². The Bertz CT molecular complexity index is 1160. The molecule has 3 aromatic rings. The number of carbonyl (C=O) groups is 1. The fourth-order valence-corrected chi connectivity index (χ4v) is 4.99. The summed E-state index contributed by atoms with van der Waals surface area (Å²) in [6.45, 7) is 7.79. The Labute approximate surface area is 196 Å². The van der Waals surface area contributed by atoms with Gasteiger partial charge in [0, 0.05) is 47.7 Å². The maximum atomic E-state index is 12.9. The Balaban J connectivity index is 1.47. The molecule has 0 bridgehead atoms. The maximum absolute atomic E-state index is 12.9. The minimum atomic E-state index is -0.251. The third-order valence-electron chi connectivity index (χ3n) is 5.42. The minimum absolute atomic E-state index is 0.158. The zero-order valence-corrected chi connectivity index (χ0v) is 19.8. The largest absolute Gasteiger partial charge is 0.449 e. The van der Waals surface area contributed by atoms with Gasteiger partial charge in [0.05, 0.1) is 18.5 Å². The van der Waals surface area contributed by atoms with Crippen LogP contribution in [0.4, 0.5) is 4.79 Å². The quantitative estimate of drug-likeness (QED) is 0.584. The summed E-state index contributed by atoms with van der Waals surface area (Å²) in [6.07, 6.45) is 0.595. The van der Waals surface area contributed by atoms with Crippen molar-refractivity contribution in [2.24, 2.45) is 5.92 Å². The van der Waals surface area contributed by atoms with Gasteiger partial charge >= 0.3 is 6.09 Å². The number of carbonyl (C=O) groups excluding carboxylic acids is 1. The molecule has 1 saturated heterocycles. The van der Waals surface area contributed by atoms with E-state index in [9.17, 15) is 9.59 Å². The molecule has 3 heterocycles. The molecule has 1 fully saturated rings. The number of hydrogen-bond donors (Lipinski definition) is 1. The van der Waals surface area contributed by atoms with Crippen LogP contribution in [0.15, 0.2) is 34.4 Å². The summed E-state index contributed by atoms with van der Waals surface area (Å²) in [5.74, 6) is 0.946. The summed E-state index contributed by atoms with van der Waals surface area (Å²) in [5, 5.41) is 3.11. The average molecular weight is 475 g/mol. The number of fused-ring (bicyclic) bond motifs is 1. The van der Waals surface area contributed by atoms with Gasteiger partial charge in [0.1, 0.15) is 10.7 Å². The van der Waals surface area contributed by atoms with Crippen molar-refractivity contribution in [3.63, 3.8) is 0 Å². The average Bonchev–Trinajstić information content (AvgIpc) is 3.04. The second kappa shape index (κ2) is 10.0. The van der Waals surface area contributed by atoms with Gasteiger partial charge in [-0.2, -0.15) is 0 Å². The fourth-order valence-electron chi connectivity index (χ4n) is 3.80. The zero-order valence-electron chi connectivity index (χ0n) is 18.3. The van der Waals surface area contributed by atoms with Gasteiger partial charge in [-0.25, -0.2) is 9.78 Å². The summed E-state index contributed by atoms with van der Waals surface area (Å²) < 4.78 is 5.36. The van der Waals surface area contributed by atoms with E-state index in [0.29, 0.717) is 59.8 Å². The number of rotatable bonds is 5. The lowest BCUT2D eigenvalue weighted by atomic mass is 10.1. The van der Waals surface area contributed by atoms with Crippen molar-refractivity contribution < 1.29 is 9.53 Å². The summed E-state index contributed by atoms with van der Waals surface area (Å²) >= 11 is 7.79. The van der Waals surface area contributed by atoms with Crippen molar-refractivity contribution in [2.45, 2.75) is 26.8 Å². The highest BCUT2D eigenvalue weighted by Crippen LogP contribution is 2.34. The molecule has 0 aliphatic carbocycles. The molecule has 1 aromatic carbocycles. The predicted molar refractivity (Wildman–Crippen MR) is 128 cm³/mol. The van der Waals surface area contributed by atoms with Crippen LogP contribution in [-0.2, 0) is 11.3 Å². The van der Waals surface area contributed by atoms with Crippen molar-refractivity contribution in [1.82, 2.24) is 19.8 Å². The summed E-state index contributed by atoms with van der Waals surface area (Å²) in [6, 6.07) is 7.50. The van der Waals surface area contributed by atoms with Gasteiger partial charge in [0.15, 0.2) is 0 Å². The van der Waals surface area contributed by atoms with E-state index in [1.165, 1.54) is 11.3 Å². The standard InChI is InChI=1S/C23H27ClN4O3S/c1-15(2)13-31-23(30)28-9-5-8-27(10-11-28)12-19-25-21(29)20-17(14-32-22(20)26-19)16-6-3-4-7-18(16)24/h3-4,6-7,14-15H,5,8-13H2,1-2H3,(H,25,26,29). The SMILES string of the molecule is CC(C)COC(=O)N1CCCN(Cc2nc3scc(-c4ccccc4Cl)c3c(=O)[nH]2)CC1. The fraction of sp³-hybridized carbons (Fsp3) is 0.435. The van der Waals surface area contributed by atoms with Gasteiger partial charge in [-0.1, -0.05) is 43.6 Å². The molecule has 1 N–H and O–H groups in total. The highest BCUT2D eigenvalue weighted by atomic mass is 35.5. The highest BCUT2D eigenvalue weighted by molar-refractivity contribution is 7.17. The number of hydrogen-bond acceptors (Lipinski definition) is 6. The second-order valence-corrected chi connectivity index (χ2v) is 9.67. The van der Waals surface area contributed by atoms with Crippen molar-refractivity contribution in [2.75, 3.05) is 32.8 Å². The van der Waals surface area contributed by atoms with Gasteiger partial charge in [0.2, 0.25) is 0 Å². The number of aromatic amines is 1. The molecule has 1 aliphatic rings. The van der Waals surface area contributed by atoms with Gasteiger partial charge in [-0.3, -0.25) is 9.69 Å². The van der Waals surface area contributed by atoms with E-state index in [1.54, 1.807) is 4.90 Å². The lowest BCUT2D eigenvalue weighted by Gasteiger charge is -2.21. The van der Waals surface area contributed by atoms with Crippen LogP contribution in [0.5, 0.6) is 0 Å². The van der Waals surface area contributed by atoms with Gasteiger partial charge in [0.25, 0.3) is 5.56 Å². The summed E-state index contributed by atoms with van der Waals surface area (Å²) in [7, 11) is 0. The smallest absolute Gasteiger partial charge is 0.409 e. The molecule has 4 rings (SSSR count). The molecular weight excluding hydrogens is 448 g/mol. The number of thiophene rings is 1. The maximum Gasteiger partial charge on any atom is 0.409 e. The van der Waals surface area contributed by atoms with Crippen LogP contribution in [0, 0.1) is 5.92 Å². The first kappa shape index (κ1) is 22.8. The third-order valence-corrected chi connectivity index (χ3v) is 6.62. The Morgan fingerprint density at radius 1 is 1.22 bits per heavy atom. The summed E-state index contributed by atoms with van der Waals surface area (Å²) in [5.41, 5.74) is 1.48. The number of nitrogens with zero attached hydrogens (tertiary/aromatic N) is 3. The van der Waals surface area contributed by atoms with E-state index in [-0.39, 0.29) is 11.7 Å². The highest BCUT2D eigenvalue weighted by Gasteiger charge is 2.22. The molecule has 0 spiro atoms. The molecule has 170 valence electrons. The monoisotopic (exact) mass is 474 g/mol. The molecule has 1 amide bonds. The zero-order chi connectivity index (χ0) is 22.7. The predicted octanol–water partition coefficient (Wildman–Crippen LogP) is 4.61. The molecule has 32 heavy (non-hydrogen) atoms. The molecule has 9 heteroatoms. The van der Waals surface area contributed by atoms with E-state index < -0.39 is 0 Å². The number of amides is 1. The Morgan fingerprint density at radius 2 is 2.03 bits per heavy atom. The molecule has 1 aliphatic heterocycles. The number of ether oxygens (including phenoxy) is 1. The second-order valence-electron chi connectivity index (χ2n) is 8.41.